The zero-order valence-electron chi connectivity index (χ0n) is 23.3. The first-order valence-corrected chi connectivity index (χ1v) is 12.5. The number of benzene rings is 3. The van der Waals surface area contributed by atoms with Gasteiger partial charge < -0.3 is 29.5 Å². The lowest BCUT2D eigenvalue weighted by Crippen LogP contribution is -2.50. The third-order valence-corrected chi connectivity index (χ3v) is 6.35. The van der Waals surface area contributed by atoms with Gasteiger partial charge in [0.1, 0.15) is 17.2 Å². The van der Waals surface area contributed by atoms with E-state index in [0.717, 1.165) is 13.2 Å². The Morgan fingerprint density at radius 1 is 0.867 bits per heavy atom. The van der Waals surface area contributed by atoms with Crippen molar-refractivity contribution in [2.24, 2.45) is 0 Å². The van der Waals surface area contributed by atoms with Crippen LogP contribution in [0.4, 0.5) is 50.9 Å². The van der Waals surface area contributed by atoms with Gasteiger partial charge in [-0.2, -0.15) is 35.1 Å². The number of phenolic OH excluding ortho intramolecular Hbond substituents is 1. The summed E-state index contributed by atoms with van der Waals surface area (Å²) in [6, 6.07) is 9.21. The van der Waals surface area contributed by atoms with Gasteiger partial charge >= 0.3 is 24.6 Å². The van der Waals surface area contributed by atoms with E-state index in [9.17, 15) is 54.2 Å². The van der Waals surface area contributed by atoms with Crippen molar-refractivity contribution < 1.29 is 68.4 Å². The molecule has 3 aromatic rings. The molecular weight excluding hydrogens is 631 g/mol. The maximum Gasteiger partial charge on any atom is 0.435 e. The summed E-state index contributed by atoms with van der Waals surface area (Å²) in [7, 11) is 2.44. The van der Waals surface area contributed by atoms with Crippen molar-refractivity contribution in [3.05, 3.63) is 71.3 Å². The van der Waals surface area contributed by atoms with Gasteiger partial charge in [0.2, 0.25) is 0 Å². The second-order valence-electron chi connectivity index (χ2n) is 8.96. The van der Waals surface area contributed by atoms with Gasteiger partial charge in [-0.25, -0.2) is 4.39 Å². The lowest BCUT2D eigenvalue weighted by molar-refractivity contribution is -0.348. The maximum atomic E-state index is 14.6. The van der Waals surface area contributed by atoms with Crippen molar-refractivity contribution in [1.82, 2.24) is 0 Å². The Morgan fingerprint density at radius 3 is 2.00 bits per heavy atom. The van der Waals surface area contributed by atoms with Gasteiger partial charge in [0.05, 0.1) is 31.0 Å². The average molecular weight is 654 g/mol. The molecule has 3 rings (SSSR count). The van der Waals surface area contributed by atoms with E-state index >= 15 is 0 Å². The third-order valence-electron chi connectivity index (χ3n) is 6.35. The molecule has 0 aliphatic rings. The van der Waals surface area contributed by atoms with Crippen LogP contribution in [0.3, 0.4) is 0 Å². The Morgan fingerprint density at radius 2 is 1.47 bits per heavy atom. The molecule has 17 heteroatoms. The molecule has 45 heavy (non-hydrogen) atoms. The number of nitrogens with one attached hydrogen (secondary N) is 1. The second kappa shape index (κ2) is 13.0. The lowest BCUT2D eigenvalue weighted by Gasteiger charge is -2.31. The quantitative estimate of drug-likeness (QED) is 0.177. The fraction of sp³-hybridized carbons (Fsp3) is 0.286. The van der Waals surface area contributed by atoms with E-state index in [1.54, 1.807) is 19.1 Å². The molecule has 0 aliphatic heterocycles. The van der Waals surface area contributed by atoms with E-state index < -0.39 is 64.8 Å². The van der Waals surface area contributed by atoms with Crippen LogP contribution in [-0.2, 0) is 5.67 Å². The molecule has 0 bridgehead atoms. The molecule has 0 unspecified atom stereocenters. The van der Waals surface area contributed by atoms with E-state index in [1.165, 1.54) is 36.3 Å². The first kappa shape index (κ1) is 34.7. The lowest BCUT2D eigenvalue weighted by atomic mass is 9.93. The number of carbonyl (C=O) groups is 2. The molecule has 0 atom stereocenters. The molecular formula is C28H23F9N2O6. The summed E-state index contributed by atoms with van der Waals surface area (Å²) < 4.78 is 135. The van der Waals surface area contributed by atoms with Crippen LogP contribution in [0.15, 0.2) is 54.6 Å². The van der Waals surface area contributed by atoms with Gasteiger partial charge in [-0.3, -0.25) is 9.59 Å². The van der Waals surface area contributed by atoms with E-state index in [4.69, 9.17) is 9.47 Å². The monoisotopic (exact) mass is 654 g/mol. The van der Waals surface area contributed by atoms with Crippen molar-refractivity contribution in [3.63, 3.8) is 0 Å². The largest absolute Gasteiger partial charge is 0.506 e. The standard InChI is InChI=1S/C28H23F9N2O6/c1-4-39(24(42)15-8-5-6-11-19(15)43-2)17-10-7-9-16(22(17)44-3)23(41)38-21-18(40)12-14(13-20(21)45-25(29)30)26(31,27(32,33)34)28(35,36)37/h5-13,25,40H,4H2,1-3H3,(H,38,41). The number of hydrogen-bond donors (Lipinski definition) is 2. The molecule has 8 nitrogen and oxygen atoms in total. The van der Waals surface area contributed by atoms with E-state index in [0.29, 0.717) is 0 Å². The van der Waals surface area contributed by atoms with Crippen LogP contribution in [0.2, 0.25) is 0 Å². The highest BCUT2D eigenvalue weighted by molar-refractivity contribution is 6.12. The minimum Gasteiger partial charge on any atom is -0.506 e. The molecule has 0 aromatic heterocycles. The van der Waals surface area contributed by atoms with Crippen molar-refractivity contribution in [2.75, 3.05) is 31.0 Å². The number of amides is 2. The summed E-state index contributed by atoms with van der Waals surface area (Å²) in [5.74, 6) is -5.29. The van der Waals surface area contributed by atoms with Crippen LogP contribution < -0.4 is 24.4 Å². The number of aromatic hydroxyl groups is 1. The smallest absolute Gasteiger partial charge is 0.435 e. The third kappa shape index (κ3) is 6.66. The van der Waals surface area contributed by atoms with Gasteiger partial charge in [0.15, 0.2) is 11.5 Å². The number of phenols is 1. The highest BCUT2D eigenvalue weighted by Crippen LogP contribution is 2.55. The highest BCUT2D eigenvalue weighted by atomic mass is 19.4. The molecule has 244 valence electrons. The number of halogens is 9. The number of para-hydroxylation sites is 2. The van der Waals surface area contributed by atoms with Gasteiger partial charge in [0, 0.05) is 12.1 Å². The Hall–Kier alpha value is -4.83. The van der Waals surface area contributed by atoms with Crippen LogP contribution in [0.1, 0.15) is 33.2 Å². The normalized spacial score (nSPS) is 12.1. The zero-order valence-corrected chi connectivity index (χ0v) is 23.3. The fourth-order valence-electron chi connectivity index (χ4n) is 4.30. The Balaban J connectivity index is 2.12. The van der Waals surface area contributed by atoms with E-state index in [1.807, 2.05) is 5.32 Å². The number of rotatable bonds is 10. The molecule has 2 N–H and O–H groups in total. The molecule has 2 amide bonds. The van der Waals surface area contributed by atoms with Crippen LogP contribution >= 0.6 is 0 Å². The minimum absolute atomic E-state index is 0.00440. The first-order chi connectivity index (χ1) is 20.9. The summed E-state index contributed by atoms with van der Waals surface area (Å²) in [4.78, 5) is 27.9. The molecule has 0 heterocycles. The van der Waals surface area contributed by atoms with Crippen molar-refractivity contribution >= 4 is 23.2 Å². The molecule has 0 aliphatic carbocycles. The molecule has 0 fully saturated rings. The SMILES string of the molecule is CCN(C(=O)c1ccccc1OC)c1cccc(C(=O)Nc2c(O)cc(C(F)(C(F)(F)F)C(F)(F)F)cc2OC(F)F)c1OC. The number of nitrogens with zero attached hydrogens (tertiary/aromatic N) is 1. The zero-order chi connectivity index (χ0) is 33.9. The summed E-state index contributed by atoms with van der Waals surface area (Å²) in [5.41, 5.74) is -9.99. The molecule has 0 saturated carbocycles. The van der Waals surface area contributed by atoms with Gasteiger partial charge in [-0.05, 0) is 43.3 Å². The molecule has 0 spiro atoms. The van der Waals surface area contributed by atoms with Crippen molar-refractivity contribution in [3.8, 4) is 23.0 Å². The Labute approximate surface area is 248 Å². The van der Waals surface area contributed by atoms with Crippen molar-refractivity contribution in [2.45, 2.75) is 31.6 Å². The fourth-order valence-corrected chi connectivity index (χ4v) is 4.30. The predicted octanol–water partition coefficient (Wildman–Crippen LogP) is 7.22. The number of hydrogen-bond acceptors (Lipinski definition) is 6. The Kier molecular flexibility index (Phi) is 10.0. The van der Waals surface area contributed by atoms with Crippen LogP contribution in [0, 0.1) is 0 Å². The summed E-state index contributed by atoms with van der Waals surface area (Å²) in [5, 5.41) is 12.2. The van der Waals surface area contributed by atoms with E-state index in [-0.39, 0.29) is 41.4 Å². The first-order valence-electron chi connectivity index (χ1n) is 12.5. The topological polar surface area (TPSA) is 97.3 Å². The van der Waals surface area contributed by atoms with Gasteiger partial charge in [-0.15, -0.1) is 0 Å². The molecule has 3 aromatic carbocycles. The second-order valence-corrected chi connectivity index (χ2v) is 8.96. The highest BCUT2D eigenvalue weighted by Gasteiger charge is 2.73. The molecule has 0 radical (unpaired) electrons. The number of alkyl halides is 9. The van der Waals surface area contributed by atoms with Crippen molar-refractivity contribution in [1.29, 1.82) is 0 Å². The average Bonchev–Trinajstić information content (AvgIpc) is 2.96. The van der Waals surface area contributed by atoms with Crippen LogP contribution in [0.25, 0.3) is 0 Å². The molecule has 0 saturated heterocycles. The number of carbonyl (C=O) groups excluding carboxylic acids is 2. The van der Waals surface area contributed by atoms with Gasteiger partial charge in [0.25, 0.3) is 11.8 Å². The minimum atomic E-state index is -6.65. The number of anilines is 2. The summed E-state index contributed by atoms with van der Waals surface area (Å²) >= 11 is 0. The van der Waals surface area contributed by atoms with Crippen LogP contribution in [0.5, 0.6) is 23.0 Å². The number of ether oxygens (including phenoxy) is 3. The maximum absolute atomic E-state index is 14.6. The number of methoxy groups -OCH3 is 2. The summed E-state index contributed by atoms with van der Waals surface area (Å²) in [6.45, 7) is -2.31. The summed E-state index contributed by atoms with van der Waals surface area (Å²) in [6.07, 6.45) is -13.3. The van der Waals surface area contributed by atoms with E-state index in [2.05, 4.69) is 4.74 Å². The van der Waals surface area contributed by atoms with Gasteiger partial charge in [-0.1, -0.05) is 18.2 Å². The Bertz CT molecular complexity index is 1550. The van der Waals surface area contributed by atoms with Crippen LogP contribution in [-0.4, -0.2) is 56.6 Å². The predicted molar refractivity (Wildman–Crippen MR) is 141 cm³/mol.